The molecule has 0 fully saturated rings. The van der Waals surface area contributed by atoms with Crippen molar-refractivity contribution >= 4 is 29.3 Å². The summed E-state index contributed by atoms with van der Waals surface area (Å²) in [5.41, 5.74) is 0.934. The van der Waals surface area contributed by atoms with Gasteiger partial charge in [-0.1, -0.05) is 23.4 Å². The Morgan fingerprint density at radius 2 is 2.13 bits per heavy atom. The molecule has 0 aliphatic heterocycles. The van der Waals surface area contributed by atoms with Gasteiger partial charge in [0.15, 0.2) is 10.9 Å². The molecule has 0 atom stereocenters. The van der Waals surface area contributed by atoms with E-state index < -0.39 is 0 Å². The van der Waals surface area contributed by atoms with Crippen molar-refractivity contribution in [3.63, 3.8) is 0 Å². The van der Waals surface area contributed by atoms with Crippen molar-refractivity contribution in [3.8, 4) is 11.5 Å². The van der Waals surface area contributed by atoms with Crippen LogP contribution < -0.4 is 14.8 Å². The summed E-state index contributed by atoms with van der Waals surface area (Å²) in [5.74, 6) is 0.960. The number of benzene rings is 1. The van der Waals surface area contributed by atoms with Gasteiger partial charge in [-0.25, -0.2) is 9.97 Å². The summed E-state index contributed by atoms with van der Waals surface area (Å²) in [7, 11) is 3.15. The molecule has 2 rings (SSSR count). The normalized spacial score (nSPS) is 10.3. The maximum absolute atomic E-state index is 12.3. The van der Waals surface area contributed by atoms with Crippen LogP contribution in [0.15, 0.2) is 29.6 Å². The van der Waals surface area contributed by atoms with E-state index in [9.17, 15) is 4.79 Å². The minimum atomic E-state index is -0.377. The molecule has 6 nitrogen and oxygen atoms in total. The first-order valence-electron chi connectivity index (χ1n) is 6.64. The van der Waals surface area contributed by atoms with Crippen molar-refractivity contribution in [1.29, 1.82) is 0 Å². The Morgan fingerprint density at radius 3 is 2.78 bits per heavy atom. The lowest BCUT2D eigenvalue weighted by Crippen LogP contribution is -2.24. The molecule has 1 N–H and O–H groups in total. The zero-order chi connectivity index (χ0) is 16.8. The van der Waals surface area contributed by atoms with E-state index in [0.29, 0.717) is 16.7 Å². The van der Waals surface area contributed by atoms with Gasteiger partial charge >= 0.3 is 0 Å². The Balaban J connectivity index is 2.16. The molecule has 1 amide bonds. The highest BCUT2D eigenvalue weighted by Crippen LogP contribution is 2.24. The van der Waals surface area contributed by atoms with Crippen LogP contribution in [-0.2, 0) is 6.54 Å². The second-order valence-corrected chi connectivity index (χ2v) is 5.59. The quantitative estimate of drug-likeness (QED) is 0.636. The van der Waals surface area contributed by atoms with E-state index in [-0.39, 0.29) is 23.2 Å². The van der Waals surface area contributed by atoms with E-state index >= 15 is 0 Å². The first-order chi connectivity index (χ1) is 11.1. The molecule has 23 heavy (non-hydrogen) atoms. The minimum Gasteiger partial charge on any atom is -0.497 e. The number of hydrogen-bond acceptors (Lipinski definition) is 6. The molecule has 1 heterocycles. The van der Waals surface area contributed by atoms with Gasteiger partial charge in [0.25, 0.3) is 5.91 Å². The summed E-state index contributed by atoms with van der Waals surface area (Å²) in [6, 6.07) is 5.37. The van der Waals surface area contributed by atoms with Crippen LogP contribution in [0.2, 0.25) is 5.02 Å². The molecule has 1 aromatic carbocycles. The number of ether oxygens (including phenoxy) is 2. The van der Waals surface area contributed by atoms with E-state index in [1.54, 1.807) is 32.4 Å². The van der Waals surface area contributed by atoms with Gasteiger partial charge in [0.2, 0.25) is 0 Å². The van der Waals surface area contributed by atoms with Gasteiger partial charge in [-0.3, -0.25) is 4.79 Å². The van der Waals surface area contributed by atoms with E-state index in [4.69, 9.17) is 21.1 Å². The maximum atomic E-state index is 12.3. The Kier molecular flexibility index (Phi) is 6.06. The number of thioether (sulfide) groups is 1. The number of nitrogens with one attached hydrogen (secondary N) is 1. The van der Waals surface area contributed by atoms with Crippen LogP contribution in [0, 0.1) is 0 Å². The molecular formula is C15H16ClN3O3S. The molecule has 0 aliphatic carbocycles. The monoisotopic (exact) mass is 353 g/mol. The lowest BCUT2D eigenvalue weighted by Gasteiger charge is -2.11. The van der Waals surface area contributed by atoms with Gasteiger partial charge in [-0.2, -0.15) is 0 Å². The molecule has 0 saturated carbocycles. The van der Waals surface area contributed by atoms with Crippen molar-refractivity contribution in [2.75, 3.05) is 20.5 Å². The van der Waals surface area contributed by atoms with E-state index in [0.717, 1.165) is 5.56 Å². The van der Waals surface area contributed by atoms with Crippen LogP contribution in [0.3, 0.4) is 0 Å². The van der Waals surface area contributed by atoms with E-state index in [1.807, 2.05) is 6.26 Å². The average molecular weight is 354 g/mol. The second kappa shape index (κ2) is 8.03. The number of halogens is 1. The average Bonchev–Trinajstić information content (AvgIpc) is 2.59. The van der Waals surface area contributed by atoms with Crippen molar-refractivity contribution in [2.24, 2.45) is 0 Å². The third-order valence-electron chi connectivity index (χ3n) is 3.05. The minimum absolute atomic E-state index is 0.146. The van der Waals surface area contributed by atoms with E-state index in [1.165, 1.54) is 18.0 Å². The van der Waals surface area contributed by atoms with Crippen molar-refractivity contribution in [2.45, 2.75) is 11.7 Å². The first-order valence-corrected chi connectivity index (χ1v) is 8.25. The summed E-state index contributed by atoms with van der Waals surface area (Å²) in [6.45, 7) is 0.258. The molecule has 0 saturated heterocycles. The third kappa shape index (κ3) is 4.27. The zero-order valence-electron chi connectivity index (χ0n) is 12.9. The van der Waals surface area contributed by atoms with Gasteiger partial charge in [0.05, 0.1) is 25.4 Å². The first kappa shape index (κ1) is 17.4. The lowest BCUT2D eigenvalue weighted by molar-refractivity contribution is 0.0945. The van der Waals surface area contributed by atoms with E-state index in [2.05, 4.69) is 15.3 Å². The highest BCUT2D eigenvalue weighted by Gasteiger charge is 2.15. The number of methoxy groups -OCH3 is 2. The molecule has 8 heteroatoms. The standard InChI is InChI=1S/C15H16ClN3O3S/c1-21-10-4-5-12(22-2)9(6-10)7-17-14(20)13-11(16)8-18-15(19-13)23-3/h4-6,8H,7H2,1-3H3,(H,17,20). The third-order valence-corrected chi connectivity index (χ3v) is 3.89. The Bertz CT molecular complexity index is 712. The fraction of sp³-hybridized carbons (Fsp3) is 0.267. The molecule has 0 unspecified atom stereocenters. The van der Waals surface area contributed by atoms with Gasteiger partial charge < -0.3 is 14.8 Å². The highest BCUT2D eigenvalue weighted by atomic mass is 35.5. The Morgan fingerprint density at radius 1 is 1.35 bits per heavy atom. The number of aromatic nitrogens is 2. The maximum Gasteiger partial charge on any atom is 0.271 e. The zero-order valence-corrected chi connectivity index (χ0v) is 14.5. The topological polar surface area (TPSA) is 73.3 Å². The summed E-state index contributed by atoms with van der Waals surface area (Å²) in [5, 5.41) is 3.47. The summed E-state index contributed by atoms with van der Waals surface area (Å²) < 4.78 is 10.5. The molecule has 2 aromatic rings. The van der Waals surface area contributed by atoms with Crippen LogP contribution in [0.4, 0.5) is 0 Å². The molecule has 0 aliphatic rings. The highest BCUT2D eigenvalue weighted by molar-refractivity contribution is 7.98. The fourth-order valence-corrected chi connectivity index (χ4v) is 2.41. The number of hydrogen-bond donors (Lipinski definition) is 1. The van der Waals surface area contributed by atoms with Gasteiger partial charge in [0.1, 0.15) is 11.5 Å². The molecular weight excluding hydrogens is 338 g/mol. The number of nitrogens with zero attached hydrogens (tertiary/aromatic N) is 2. The predicted octanol–water partition coefficient (Wildman–Crippen LogP) is 2.80. The summed E-state index contributed by atoms with van der Waals surface area (Å²) in [4.78, 5) is 20.4. The Labute approximate surface area is 143 Å². The predicted molar refractivity (Wildman–Crippen MR) is 89.5 cm³/mol. The molecule has 0 radical (unpaired) electrons. The molecule has 122 valence electrons. The van der Waals surface area contributed by atoms with Crippen LogP contribution >= 0.6 is 23.4 Å². The number of rotatable bonds is 6. The molecule has 0 spiro atoms. The van der Waals surface area contributed by atoms with Crippen molar-refractivity contribution in [3.05, 3.63) is 40.7 Å². The van der Waals surface area contributed by atoms with Crippen LogP contribution in [0.1, 0.15) is 16.1 Å². The largest absolute Gasteiger partial charge is 0.497 e. The molecule has 0 bridgehead atoms. The smallest absolute Gasteiger partial charge is 0.271 e. The number of amides is 1. The number of carbonyl (C=O) groups excluding carboxylic acids is 1. The van der Waals surface area contributed by atoms with Gasteiger partial charge in [0, 0.05) is 12.1 Å². The SMILES string of the molecule is COc1ccc(OC)c(CNC(=O)c2nc(SC)ncc2Cl)c1. The van der Waals surface area contributed by atoms with Crippen LogP contribution in [0.25, 0.3) is 0 Å². The van der Waals surface area contributed by atoms with Crippen molar-refractivity contribution in [1.82, 2.24) is 15.3 Å². The van der Waals surface area contributed by atoms with Gasteiger partial charge in [-0.05, 0) is 24.5 Å². The number of carbonyl (C=O) groups is 1. The summed E-state index contributed by atoms with van der Waals surface area (Å²) in [6.07, 6.45) is 3.24. The fourth-order valence-electron chi connectivity index (χ4n) is 1.89. The second-order valence-electron chi connectivity index (χ2n) is 4.41. The Hall–Kier alpha value is -1.99. The lowest BCUT2D eigenvalue weighted by atomic mass is 10.2. The van der Waals surface area contributed by atoms with Gasteiger partial charge in [-0.15, -0.1) is 0 Å². The van der Waals surface area contributed by atoms with Crippen molar-refractivity contribution < 1.29 is 14.3 Å². The van der Waals surface area contributed by atoms with Crippen LogP contribution in [0.5, 0.6) is 11.5 Å². The summed E-state index contributed by atoms with van der Waals surface area (Å²) >= 11 is 7.33. The van der Waals surface area contributed by atoms with Crippen LogP contribution in [-0.4, -0.2) is 36.4 Å². The molecule has 1 aromatic heterocycles.